The Morgan fingerprint density at radius 3 is 2.11 bits per heavy atom. The average Bonchev–Trinajstić information content (AvgIpc) is 3.27. The zero-order chi connectivity index (χ0) is 26.8. The number of nitrogens with zero attached hydrogens (tertiary/aromatic N) is 3. The molecule has 0 atom stereocenters. The minimum atomic E-state index is -0.731. The number of rotatable bonds is 7. The third-order valence-corrected chi connectivity index (χ3v) is 6.17. The second-order valence-corrected chi connectivity index (χ2v) is 8.79. The number of carbonyl (C=O) groups is 1. The standard InChI is InChI=1S/C28H21N5O5/c1-18-11-13-21(14-12-18)29-27-24(32(35)36)16-20(17-25(27)33(37)38)28(34)31-23-10-6-5-9-22(23)30-26(31)15-19-7-3-2-4-8-19/h2-14,16-17,29H,15H2,1H3/p+1. The van der Waals surface area contributed by atoms with E-state index in [1.165, 1.54) is 4.57 Å². The van der Waals surface area contributed by atoms with E-state index in [1.807, 2.05) is 49.4 Å². The van der Waals surface area contributed by atoms with E-state index in [4.69, 9.17) is 0 Å². The maximum absolute atomic E-state index is 13.9. The van der Waals surface area contributed by atoms with Gasteiger partial charge in [0.25, 0.3) is 5.82 Å². The van der Waals surface area contributed by atoms with Crippen LogP contribution in [0.5, 0.6) is 0 Å². The number of nitro groups is 2. The van der Waals surface area contributed by atoms with Crippen LogP contribution in [0, 0.1) is 27.2 Å². The molecule has 188 valence electrons. The Hall–Kier alpha value is -5.38. The summed E-state index contributed by atoms with van der Waals surface area (Å²) < 4.78 is 1.41. The summed E-state index contributed by atoms with van der Waals surface area (Å²) in [5.74, 6) is -0.0870. The lowest BCUT2D eigenvalue weighted by molar-refractivity contribution is -0.392. The van der Waals surface area contributed by atoms with Crippen LogP contribution in [-0.4, -0.2) is 20.3 Å². The third-order valence-electron chi connectivity index (χ3n) is 6.17. The van der Waals surface area contributed by atoms with Crippen molar-refractivity contribution in [1.82, 2.24) is 4.57 Å². The van der Waals surface area contributed by atoms with Gasteiger partial charge in [0.2, 0.25) is 0 Å². The number of fused-ring (bicyclic) bond motifs is 1. The number of H-pyrrole nitrogens is 1. The van der Waals surface area contributed by atoms with Crippen LogP contribution >= 0.6 is 0 Å². The van der Waals surface area contributed by atoms with E-state index in [0.29, 0.717) is 29.0 Å². The summed E-state index contributed by atoms with van der Waals surface area (Å²) in [7, 11) is 0. The van der Waals surface area contributed by atoms with Crippen molar-refractivity contribution in [2.24, 2.45) is 0 Å². The van der Waals surface area contributed by atoms with Crippen LogP contribution in [0.25, 0.3) is 11.0 Å². The Morgan fingerprint density at radius 2 is 1.47 bits per heavy atom. The van der Waals surface area contributed by atoms with Gasteiger partial charge in [0.15, 0.2) is 16.7 Å². The number of hydrogen-bond donors (Lipinski definition) is 1. The fraction of sp³-hybridized carbons (Fsp3) is 0.0714. The molecule has 0 fully saturated rings. The molecule has 0 radical (unpaired) electrons. The highest BCUT2D eigenvalue weighted by atomic mass is 16.6. The number of anilines is 2. The quantitative estimate of drug-likeness (QED) is 0.224. The molecule has 1 aromatic heterocycles. The fourth-order valence-electron chi connectivity index (χ4n) is 4.34. The molecule has 0 spiro atoms. The molecule has 5 aromatic rings. The van der Waals surface area contributed by atoms with Gasteiger partial charge >= 0.3 is 17.3 Å². The summed E-state index contributed by atoms with van der Waals surface area (Å²) >= 11 is 0. The highest BCUT2D eigenvalue weighted by Crippen LogP contribution is 2.38. The number of aromatic amines is 1. The zero-order valence-electron chi connectivity index (χ0n) is 20.3. The van der Waals surface area contributed by atoms with Crippen molar-refractivity contribution in [3.8, 4) is 0 Å². The van der Waals surface area contributed by atoms with Crippen LogP contribution in [0.4, 0.5) is 22.7 Å². The van der Waals surface area contributed by atoms with Crippen molar-refractivity contribution in [1.29, 1.82) is 0 Å². The maximum Gasteiger partial charge on any atom is 0.346 e. The number of hydrogen-bond acceptors (Lipinski definition) is 6. The van der Waals surface area contributed by atoms with Crippen molar-refractivity contribution in [2.45, 2.75) is 13.3 Å². The number of nitrogens with one attached hydrogen (secondary N) is 2. The van der Waals surface area contributed by atoms with Crippen molar-refractivity contribution in [3.05, 3.63) is 134 Å². The molecule has 10 nitrogen and oxygen atoms in total. The van der Waals surface area contributed by atoms with Crippen molar-refractivity contribution >= 4 is 39.7 Å². The van der Waals surface area contributed by atoms with Crippen molar-refractivity contribution in [2.75, 3.05) is 5.32 Å². The van der Waals surface area contributed by atoms with Crippen LogP contribution in [0.15, 0.2) is 91.0 Å². The van der Waals surface area contributed by atoms with Gasteiger partial charge in [-0.05, 0) is 36.8 Å². The molecule has 0 unspecified atom stereocenters. The molecule has 1 heterocycles. The Kier molecular flexibility index (Phi) is 6.36. The lowest BCUT2D eigenvalue weighted by Crippen LogP contribution is -2.20. The summed E-state index contributed by atoms with van der Waals surface area (Å²) in [5, 5.41) is 26.9. The summed E-state index contributed by atoms with van der Waals surface area (Å²) in [6.07, 6.45) is 0.374. The zero-order valence-corrected chi connectivity index (χ0v) is 20.3. The smallest absolute Gasteiger partial charge is 0.344 e. The maximum atomic E-state index is 13.9. The van der Waals surface area contributed by atoms with Crippen molar-refractivity contribution in [3.63, 3.8) is 0 Å². The highest BCUT2D eigenvalue weighted by Gasteiger charge is 2.33. The number of para-hydroxylation sites is 2. The van der Waals surface area contributed by atoms with Crippen LogP contribution < -0.4 is 10.3 Å². The van der Waals surface area contributed by atoms with E-state index in [1.54, 1.807) is 36.4 Å². The van der Waals surface area contributed by atoms with E-state index in [0.717, 1.165) is 23.3 Å². The van der Waals surface area contributed by atoms with Crippen molar-refractivity contribution < 1.29 is 19.6 Å². The number of imidazole rings is 1. The Balaban J connectivity index is 1.65. The topological polar surface area (TPSA) is 134 Å². The molecule has 0 bridgehead atoms. The average molecular weight is 509 g/mol. The van der Waals surface area contributed by atoms with Gasteiger partial charge in [-0.15, -0.1) is 0 Å². The second kappa shape index (κ2) is 9.94. The molecule has 10 heteroatoms. The van der Waals surface area contributed by atoms with E-state index >= 15 is 0 Å². The molecular weight excluding hydrogens is 486 g/mol. The van der Waals surface area contributed by atoms with Crippen LogP contribution in [0.3, 0.4) is 0 Å². The van der Waals surface area contributed by atoms with Gasteiger partial charge in [-0.25, -0.2) is 9.78 Å². The van der Waals surface area contributed by atoms with Gasteiger partial charge in [-0.2, -0.15) is 4.57 Å². The molecule has 0 aliphatic heterocycles. The SMILES string of the molecule is Cc1ccc(Nc2c([N+](=O)[O-])cc(C(=O)n3c(Cc4ccccc4)[nH+]c4ccccc43)cc2[N+](=O)[O-])cc1. The Bertz CT molecular complexity index is 1660. The first-order valence-electron chi connectivity index (χ1n) is 11.7. The van der Waals surface area contributed by atoms with E-state index in [9.17, 15) is 25.0 Å². The van der Waals surface area contributed by atoms with Gasteiger partial charge in [0.05, 0.1) is 21.8 Å². The molecular formula is C28H22N5O5+. The normalized spacial score (nSPS) is 10.9. The number of nitro benzene ring substituents is 2. The van der Waals surface area contributed by atoms with Crippen LogP contribution in [0.1, 0.15) is 27.3 Å². The minimum Gasteiger partial charge on any atom is -0.344 e. The lowest BCUT2D eigenvalue weighted by atomic mass is 10.1. The van der Waals surface area contributed by atoms with E-state index in [2.05, 4.69) is 10.3 Å². The molecule has 0 aliphatic carbocycles. The van der Waals surface area contributed by atoms with Gasteiger partial charge in [0.1, 0.15) is 0 Å². The van der Waals surface area contributed by atoms with Crippen LogP contribution in [-0.2, 0) is 6.42 Å². The monoisotopic (exact) mass is 508 g/mol. The van der Waals surface area contributed by atoms with Gasteiger partial charge in [0, 0.05) is 17.8 Å². The molecule has 2 N–H and O–H groups in total. The van der Waals surface area contributed by atoms with E-state index in [-0.39, 0.29) is 11.3 Å². The lowest BCUT2D eigenvalue weighted by Gasteiger charge is -2.10. The van der Waals surface area contributed by atoms with Gasteiger partial charge in [-0.1, -0.05) is 60.2 Å². The first-order chi connectivity index (χ1) is 18.3. The van der Waals surface area contributed by atoms with Crippen LogP contribution in [0.2, 0.25) is 0 Å². The molecule has 0 saturated carbocycles. The molecule has 4 aromatic carbocycles. The minimum absolute atomic E-state index is 0.179. The highest BCUT2D eigenvalue weighted by molar-refractivity contribution is 6.03. The summed E-state index contributed by atoms with van der Waals surface area (Å²) in [6.45, 7) is 1.88. The third kappa shape index (κ3) is 4.70. The molecule has 0 aliphatic rings. The number of aromatic nitrogens is 2. The summed E-state index contributed by atoms with van der Waals surface area (Å²) in [4.78, 5) is 39.7. The van der Waals surface area contributed by atoms with E-state index < -0.39 is 27.1 Å². The first-order valence-corrected chi connectivity index (χ1v) is 11.7. The molecule has 0 saturated heterocycles. The molecule has 0 amide bonds. The summed E-state index contributed by atoms with van der Waals surface area (Å²) in [6, 6.07) is 25.7. The van der Waals surface area contributed by atoms with Gasteiger partial charge < -0.3 is 5.32 Å². The van der Waals surface area contributed by atoms with Gasteiger partial charge in [-0.3, -0.25) is 20.2 Å². The number of aryl methyl sites for hydroxylation is 1. The second-order valence-electron chi connectivity index (χ2n) is 8.79. The number of benzene rings is 4. The molecule has 5 rings (SSSR count). The number of carbonyl (C=O) groups excluding carboxylic acids is 1. The Labute approximate surface area is 216 Å². The predicted molar refractivity (Wildman–Crippen MR) is 142 cm³/mol. The Morgan fingerprint density at radius 1 is 0.868 bits per heavy atom. The molecule has 38 heavy (non-hydrogen) atoms. The first kappa shape index (κ1) is 24.3. The largest absolute Gasteiger partial charge is 0.346 e. The fourth-order valence-corrected chi connectivity index (χ4v) is 4.34. The predicted octanol–water partition coefficient (Wildman–Crippen LogP) is 5.60. The summed E-state index contributed by atoms with van der Waals surface area (Å²) in [5.41, 5.74) is 1.95.